The molecule has 110 valence electrons. The number of rotatable bonds is 2. The SMILES string of the molecule is Cc1ccc(N2CC[C@H](NC(=O)OC(C)(C)C)C2)nn1. The van der Waals surface area contributed by atoms with Gasteiger partial charge in [-0.1, -0.05) is 0 Å². The minimum atomic E-state index is -0.467. The van der Waals surface area contributed by atoms with Crippen LogP contribution in [0.1, 0.15) is 32.9 Å². The molecule has 0 bridgehead atoms. The molecule has 6 nitrogen and oxygen atoms in total. The second kappa shape index (κ2) is 5.64. The van der Waals surface area contributed by atoms with Gasteiger partial charge in [-0.2, -0.15) is 5.10 Å². The predicted molar refractivity (Wildman–Crippen MR) is 76.8 cm³/mol. The van der Waals surface area contributed by atoms with Gasteiger partial charge in [0.05, 0.1) is 11.7 Å². The van der Waals surface area contributed by atoms with E-state index in [1.807, 2.05) is 39.8 Å². The second-order valence-electron chi connectivity index (χ2n) is 6.11. The summed E-state index contributed by atoms with van der Waals surface area (Å²) in [4.78, 5) is 13.8. The Hall–Kier alpha value is -1.85. The van der Waals surface area contributed by atoms with Crippen molar-refractivity contribution in [3.63, 3.8) is 0 Å². The van der Waals surface area contributed by atoms with Crippen molar-refractivity contribution in [1.82, 2.24) is 15.5 Å². The second-order valence-corrected chi connectivity index (χ2v) is 6.11. The number of aryl methyl sites for hydroxylation is 1. The van der Waals surface area contributed by atoms with Gasteiger partial charge in [0, 0.05) is 13.1 Å². The van der Waals surface area contributed by atoms with E-state index in [1.54, 1.807) is 0 Å². The standard InChI is InChI=1S/C14H22N4O2/c1-10-5-6-12(17-16-10)18-8-7-11(9-18)15-13(19)20-14(2,3)4/h5-6,11H,7-9H2,1-4H3,(H,15,19)/t11-/m0/s1. The van der Waals surface area contributed by atoms with Crippen LogP contribution in [0.5, 0.6) is 0 Å². The van der Waals surface area contributed by atoms with Crippen molar-refractivity contribution in [2.45, 2.75) is 45.8 Å². The zero-order chi connectivity index (χ0) is 14.8. The summed E-state index contributed by atoms with van der Waals surface area (Å²) in [5.74, 6) is 0.851. The third-order valence-corrected chi connectivity index (χ3v) is 3.02. The molecule has 0 unspecified atom stereocenters. The van der Waals surface area contributed by atoms with Gasteiger partial charge in [-0.05, 0) is 46.2 Å². The average Bonchev–Trinajstić information content (AvgIpc) is 2.75. The number of nitrogens with zero attached hydrogens (tertiary/aromatic N) is 3. The molecule has 0 spiro atoms. The van der Waals surface area contributed by atoms with Gasteiger partial charge in [0.2, 0.25) is 0 Å². The highest BCUT2D eigenvalue weighted by Crippen LogP contribution is 2.17. The first kappa shape index (κ1) is 14.6. The van der Waals surface area contributed by atoms with E-state index in [9.17, 15) is 4.79 Å². The Morgan fingerprint density at radius 1 is 1.40 bits per heavy atom. The Labute approximate surface area is 119 Å². The van der Waals surface area contributed by atoms with Gasteiger partial charge in [-0.3, -0.25) is 0 Å². The molecule has 1 fully saturated rings. The maximum atomic E-state index is 11.7. The number of aromatic nitrogens is 2. The average molecular weight is 278 g/mol. The molecular formula is C14H22N4O2. The normalized spacial score (nSPS) is 19.0. The van der Waals surface area contributed by atoms with Crippen LogP contribution in [0.25, 0.3) is 0 Å². The van der Waals surface area contributed by atoms with E-state index < -0.39 is 5.60 Å². The monoisotopic (exact) mass is 278 g/mol. The number of carbonyl (C=O) groups excluding carboxylic acids is 1. The first-order chi connectivity index (χ1) is 9.33. The lowest BCUT2D eigenvalue weighted by molar-refractivity contribution is 0.0509. The summed E-state index contributed by atoms with van der Waals surface area (Å²) >= 11 is 0. The zero-order valence-electron chi connectivity index (χ0n) is 12.5. The number of anilines is 1. The van der Waals surface area contributed by atoms with E-state index in [4.69, 9.17) is 4.74 Å². The molecule has 20 heavy (non-hydrogen) atoms. The Morgan fingerprint density at radius 2 is 2.15 bits per heavy atom. The van der Waals surface area contributed by atoms with Crippen molar-refractivity contribution in [2.24, 2.45) is 0 Å². The fourth-order valence-electron chi connectivity index (χ4n) is 2.12. The van der Waals surface area contributed by atoms with Crippen LogP contribution in [0.2, 0.25) is 0 Å². The van der Waals surface area contributed by atoms with Crippen LogP contribution < -0.4 is 10.2 Å². The fraction of sp³-hybridized carbons (Fsp3) is 0.643. The minimum Gasteiger partial charge on any atom is -0.444 e. The summed E-state index contributed by atoms with van der Waals surface area (Å²) in [7, 11) is 0. The molecule has 1 aromatic rings. The van der Waals surface area contributed by atoms with E-state index in [0.29, 0.717) is 0 Å². The molecule has 1 N–H and O–H groups in total. The lowest BCUT2D eigenvalue weighted by Crippen LogP contribution is -2.40. The van der Waals surface area contributed by atoms with Crippen LogP contribution in [0.15, 0.2) is 12.1 Å². The van der Waals surface area contributed by atoms with Crippen LogP contribution in [0.3, 0.4) is 0 Å². The highest BCUT2D eigenvalue weighted by atomic mass is 16.6. The molecule has 2 heterocycles. The van der Waals surface area contributed by atoms with E-state index in [-0.39, 0.29) is 12.1 Å². The van der Waals surface area contributed by atoms with Crippen molar-refractivity contribution in [1.29, 1.82) is 0 Å². The molecule has 0 aliphatic carbocycles. The van der Waals surface area contributed by atoms with Crippen LogP contribution in [0.4, 0.5) is 10.6 Å². The predicted octanol–water partition coefficient (Wildman–Crippen LogP) is 1.89. The molecule has 2 rings (SSSR count). The van der Waals surface area contributed by atoms with Gasteiger partial charge in [0.15, 0.2) is 5.82 Å². The first-order valence-corrected chi connectivity index (χ1v) is 6.88. The zero-order valence-corrected chi connectivity index (χ0v) is 12.5. The van der Waals surface area contributed by atoms with Gasteiger partial charge < -0.3 is 15.0 Å². The lowest BCUT2D eigenvalue weighted by atomic mass is 10.2. The molecule has 1 aliphatic heterocycles. The van der Waals surface area contributed by atoms with Crippen molar-refractivity contribution in [2.75, 3.05) is 18.0 Å². The topological polar surface area (TPSA) is 67.4 Å². The molecule has 0 radical (unpaired) electrons. The number of alkyl carbamates (subject to hydrolysis) is 1. The summed E-state index contributed by atoms with van der Waals surface area (Å²) in [6.45, 7) is 9.07. The maximum absolute atomic E-state index is 11.7. The van der Waals surface area contributed by atoms with Crippen molar-refractivity contribution in [3.8, 4) is 0 Å². The smallest absolute Gasteiger partial charge is 0.407 e. The van der Waals surface area contributed by atoms with Crippen molar-refractivity contribution >= 4 is 11.9 Å². The maximum Gasteiger partial charge on any atom is 0.407 e. The fourth-order valence-corrected chi connectivity index (χ4v) is 2.12. The Kier molecular flexibility index (Phi) is 4.11. The largest absolute Gasteiger partial charge is 0.444 e. The number of hydrogen-bond donors (Lipinski definition) is 1. The molecule has 1 aliphatic rings. The lowest BCUT2D eigenvalue weighted by Gasteiger charge is -2.22. The van der Waals surface area contributed by atoms with Crippen LogP contribution in [-0.2, 0) is 4.74 Å². The summed E-state index contributed by atoms with van der Waals surface area (Å²) < 4.78 is 5.26. The molecular weight excluding hydrogens is 256 g/mol. The molecule has 1 atom stereocenters. The van der Waals surface area contributed by atoms with Crippen molar-refractivity contribution in [3.05, 3.63) is 17.8 Å². The summed E-state index contributed by atoms with van der Waals surface area (Å²) in [5.41, 5.74) is 0.432. The van der Waals surface area contributed by atoms with Gasteiger partial charge in [0.25, 0.3) is 0 Å². The summed E-state index contributed by atoms with van der Waals surface area (Å²) in [6, 6.07) is 3.99. The van der Waals surface area contributed by atoms with Crippen LogP contribution in [-0.4, -0.2) is 41.0 Å². The Balaban J connectivity index is 1.86. The molecule has 0 aromatic carbocycles. The molecule has 1 amide bonds. The first-order valence-electron chi connectivity index (χ1n) is 6.88. The quantitative estimate of drug-likeness (QED) is 0.894. The number of carbonyl (C=O) groups is 1. The van der Waals surface area contributed by atoms with Crippen LogP contribution in [0, 0.1) is 6.92 Å². The summed E-state index contributed by atoms with van der Waals surface area (Å²) in [6.07, 6.45) is 0.522. The van der Waals surface area contributed by atoms with E-state index in [0.717, 1.165) is 31.0 Å². The van der Waals surface area contributed by atoms with Crippen molar-refractivity contribution < 1.29 is 9.53 Å². The number of nitrogens with one attached hydrogen (secondary N) is 1. The highest BCUT2D eigenvalue weighted by Gasteiger charge is 2.26. The number of ether oxygens (including phenoxy) is 1. The van der Waals surface area contributed by atoms with E-state index in [2.05, 4.69) is 20.4 Å². The number of amides is 1. The Morgan fingerprint density at radius 3 is 2.75 bits per heavy atom. The molecule has 1 aromatic heterocycles. The minimum absolute atomic E-state index is 0.0907. The van der Waals surface area contributed by atoms with Gasteiger partial charge in [-0.15, -0.1) is 5.10 Å². The van der Waals surface area contributed by atoms with Crippen LogP contribution >= 0.6 is 0 Å². The highest BCUT2D eigenvalue weighted by molar-refractivity contribution is 5.68. The molecule has 1 saturated heterocycles. The number of hydrogen-bond acceptors (Lipinski definition) is 5. The third-order valence-electron chi connectivity index (χ3n) is 3.02. The van der Waals surface area contributed by atoms with Gasteiger partial charge in [0.1, 0.15) is 5.60 Å². The van der Waals surface area contributed by atoms with E-state index in [1.165, 1.54) is 0 Å². The Bertz CT molecular complexity index is 467. The van der Waals surface area contributed by atoms with E-state index >= 15 is 0 Å². The third kappa shape index (κ3) is 4.08. The van der Waals surface area contributed by atoms with Gasteiger partial charge in [-0.25, -0.2) is 4.79 Å². The molecule has 6 heteroatoms. The van der Waals surface area contributed by atoms with Gasteiger partial charge >= 0.3 is 6.09 Å². The molecule has 0 saturated carbocycles. The summed E-state index contributed by atoms with van der Waals surface area (Å²) in [5, 5.41) is 11.1.